The van der Waals surface area contributed by atoms with Crippen molar-refractivity contribution in [3.05, 3.63) is 64.7 Å². The average Bonchev–Trinajstić information content (AvgIpc) is 3.47. The first-order chi connectivity index (χ1) is 14.9. The van der Waals surface area contributed by atoms with Crippen LogP contribution in [0, 0.1) is 0 Å². The van der Waals surface area contributed by atoms with Gasteiger partial charge in [-0.2, -0.15) is 17.6 Å². The molecule has 0 aromatic heterocycles. The van der Waals surface area contributed by atoms with E-state index < -0.39 is 13.2 Å². The third-order valence-electron chi connectivity index (χ3n) is 7.06. The van der Waals surface area contributed by atoms with Crippen LogP contribution in [0.5, 0.6) is 11.5 Å². The molecule has 6 heteroatoms. The van der Waals surface area contributed by atoms with Gasteiger partial charge in [0.1, 0.15) is 11.5 Å². The van der Waals surface area contributed by atoms with Crippen molar-refractivity contribution in [3.8, 4) is 11.5 Å². The molecule has 1 spiro atoms. The van der Waals surface area contributed by atoms with Crippen LogP contribution in [-0.4, -0.2) is 13.2 Å². The highest BCUT2D eigenvalue weighted by atomic mass is 19.3. The molecule has 1 unspecified atom stereocenters. The van der Waals surface area contributed by atoms with E-state index in [0.29, 0.717) is 0 Å². The summed E-state index contributed by atoms with van der Waals surface area (Å²) in [5, 5.41) is 0. The average molecular weight is 432 g/mol. The van der Waals surface area contributed by atoms with Gasteiger partial charge in [-0.15, -0.1) is 0 Å². The SMILES string of the molecule is C=C1CCCc2cc(OC(F)F)cc(C3CCC4(CC4)c4ccc(OC(F)F)cc43)c21. The van der Waals surface area contributed by atoms with E-state index >= 15 is 0 Å². The number of halogens is 4. The summed E-state index contributed by atoms with van der Waals surface area (Å²) < 4.78 is 61.2. The first kappa shape index (κ1) is 20.4. The van der Waals surface area contributed by atoms with Crippen LogP contribution in [0.3, 0.4) is 0 Å². The second-order valence-corrected chi connectivity index (χ2v) is 8.88. The Morgan fingerprint density at radius 2 is 1.58 bits per heavy atom. The fraction of sp³-hybridized carbons (Fsp3) is 0.440. The Kier molecular flexibility index (Phi) is 4.98. The monoisotopic (exact) mass is 432 g/mol. The number of hydrogen-bond acceptors (Lipinski definition) is 2. The number of benzene rings is 2. The Labute approximate surface area is 178 Å². The van der Waals surface area contributed by atoms with Gasteiger partial charge in [-0.1, -0.05) is 12.6 Å². The minimum Gasteiger partial charge on any atom is -0.435 e. The summed E-state index contributed by atoms with van der Waals surface area (Å²) in [5.74, 6) is 0.170. The molecule has 5 rings (SSSR count). The predicted molar refractivity (Wildman–Crippen MR) is 110 cm³/mol. The Balaban J connectivity index is 1.66. The molecule has 2 aromatic rings. The molecule has 0 radical (unpaired) electrons. The van der Waals surface area contributed by atoms with Crippen molar-refractivity contribution < 1.29 is 27.0 Å². The third kappa shape index (κ3) is 3.70. The van der Waals surface area contributed by atoms with E-state index in [-0.39, 0.29) is 22.8 Å². The van der Waals surface area contributed by atoms with Crippen LogP contribution in [0.2, 0.25) is 0 Å². The Hall–Kier alpha value is -2.50. The van der Waals surface area contributed by atoms with Crippen molar-refractivity contribution in [1.29, 1.82) is 0 Å². The third-order valence-corrected chi connectivity index (χ3v) is 7.06. The standard InChI is InChI=1S/C25H24F4O2/c1-14-3-2-4-15-11-17(31-24(28)29)13-20(22(14)15)18-7-8-25(9-10-25)21-6-5-16(12-19(18)21)30-23(26)27/h5-6,11-13,18,23-24H,1-4,7-10H2. The van der Waals surface area contributed by atoms with Crippen molar-refractivity contribution in [1.82, 2.24) is 0 Å². The van der Waals surface area contributed by atoms with Crippen LogP contribution in [0.25, 0.3) is 5.57 Å². The summed E-state index contributed by atoms with van der Waals surface area (Å²) in [6.07, 6.45) is 6.53. The minimum atomic E-state index is -2.91. The van der Waals surface area contributed by atoms with Crippen LogP contribution >= 0.6 is 0 Å². The molecule has 0 saturated heterocycles. The van der Waals surface area contributed by atoms with Gasteiger partial charge in [0.2, 0.25) is 0 Å². The largest absolute Gasteiger partial charge is 0.435 e. The maximum Gasteiger partial charge on any atom is 0.387 e. The smallest absolute Gasteiger partial charge is 0.387 e. The predicted octanol–water partition coefficient (Wildman–Crippen LogP) is 7.20. The maximum absolute atomic E-state index is 13.0. The molecular weight excluding hydrogens is 408 g/mol. The molecule has 0 heterocycles. The molecule has 0 N–H and O–H groups in total. The lowest BCUT2D eigenvalue weighted by Gasteiger charge is -2.35. The lowest BCUT2D eigenvalue weighted by molar-refractivity contribution is -0.0505. The highest BCUT2D eigenvalue weighted by molar-refractivity contribution is 5.73. The minimum absolute atomic E-state index is 0.104. The zero-order valence-corrected chi connectivity index (χ0v) is 17.1. The number of allylic oxidation sites excluding steroid dienone is 1. The molecule has 1 atom stereocenters. The summed E-state index contributed by atoms with van der Waals surface area (Å²) >= 11 is 0. The summed E-state index contributed by atoms with van der Waals surface area (Å²) in [6, 6.07) is 8.62. The molecule has 0 amide bonds. The van der Waals surface area contributed by atoms with E-state index in [0.717, 1.165) is 72.8 Å². The van der Waals surface area contributed by atoms with Crippen molar-refractivity contribution >= 4 is 5.57 Å². The summed E-state index contributed by atoms with van der Waals surface area (Å²) in [5.41, 5.74) is 6.13. The lowest BCUT2D eigenvalue weighted by atomic mass is 9.69. The van der Waals surface area contributed by atoms with Crippen LogP contribution in [-0.2, 0) is 11.8 Å². The van der Waals surface area contributed by atoms with Crippen molar-refractivity contribution in [3.63, 3.8) is 0 Å². The molecule has 164 valence electrons. The zero-order valence-electron chi connectivity index (χ0n) is 17.1. The molecular formula is C25H24F4O2. The van der Waals surface area contributed by atoms with E-state index in [9.17, 15) is 17.6 Å². The molecule has 31 heavy (non-hydrogen) atoms. The maximum atomic E-state index is 13.0. The molecule has 0 aliphatic heterocycles. The van der Waals surface area contributed by atoms with Crippen molar-refractivity contribution in [2.45, 2.75) is 69.5 Å². The van der Waals surface area contributed by atoms with E-state index in [4.69, 9.17) is 4.74 Å². The molecule has 2 nitrogen and oxygen atoms in total. The zero-order chi connectivity index (χ0) is 21.8. The van der Waals surface area contributed by atoms with Crippen LogP contribution in [0.4, 0.5) is 17.6 Å². The van der Waals surface area contributed by atoms with E-state index in [1.807, 2.05) is 6.07 Å². The highest BCUT2D eigenvalue weighted by Crippen LogP contribution is 2.60. The van der Waals surface area contributed by atoms with E-state index in [1.165, 1.54) is 5.56 Å². The summed E-state index contributed by atoms with van der Waals surface area (Å²) in [7, 11) is 0. The van der Waals surface area contributed by atoms with E-state index in [2.05, 4.69) is 11.3 Å². The van der Waals surface area contributed by atoms with E-state index in [1.54, 1.807) is 24.3 Å². The van der Waals surface area contributed by atoms with Crippen LogP contribution < -0.4 is 9.47 Å². The van der Waals surface area contributed by atoms with Crippen LogP contribution in [0.15, 0.2) is 36.9 Å². The van der Waals surface area contributed by atoms with Gasteiger partial charge >= 0.3 is 13.2 Å². The summed E-state index contributed by atoms with van der Waals surface area (Å²) in [4.78, 5) is 0. The number of alkyl halides is 4. The van der Waals surface area contributed by atoms with Gasteiger partial charge in [-0.05, 0) is 108 Å². The number of ether oxygens (including phenoxy) is 2. The van der Waals surface area contributed by atoms with Crippen molar-refractivity contribution in [2.75, 3.05) is 0 Å². The van der Waals surface area contributed by atoms with Gasteiger partial charge in [0, 0.05) is 5.92 Å². The van der Waals surface area contributed by atoms with Crippen molar-refractivity contribution in [2.24, 2.45) is 0 Å². The first-order valence-corrected chi connectivity index (χ1v) is 10.8. The molecule has 2 aromatic carbocycles. The molecule has 3 aliphatic carbocycles. The quantitative estimate of drug-likeness (QED) is 0.465. The number of hydrogen-bond donors (Lipinski definition) is 0. The number of aryl methyl sites for hydroxylation is 1. The highest BCUT2D eigenvalue weighted by Gasteiger charge is 2.49. The second kappa shape index (κ2) is 7.57. The van der Waals surface area contributed by atoms with Gasteiger partial charge < -0.3 is 9.47 Å². The first-order valence-electron chi connectivity index (χ1n) is 10.8. The molecule has 1 fully saturated rings. The number of rotatable bonds is 5. The van der Waals surface area contributed by atoms with Gasteiger partial charge in [0.05, 0.1) is 0 Å². The Morgan fingerprint density at radius 3 is 2.29 bits per heavy atom. The van der Waals surface area contributed by atoms with Gasteiger partial charge in [0.25, 0.3) is 0 Å². The molecule has 0 bridgehead atoms. The Morgan fingerprint density at radius 1 is 0.871 bits per heavy atom. The fourth-order valence-electron chi connectivity index (χ4n) is 5.58. The topological polar surface area (TPSA) is 18.5 Å². The molecule has 3 aliphatic rings. The fourth-order valence-corrected chi connectivity index (χ4v) is 5.58. The van der Waals surface area contributed by atoms with Gasteiger partial charge in [-0.25, -0.2) is 0 Å². The number of fused-ring (bicyclic) bond motifs is 3. The normalized spacial score (nSPS) is 21.2. The van der Waals surface area contributed by atoms with Gasteiger partial charge in [-0.3, -0.25) is 0 Å². The second-order valence-electron chi connectivity index (χ2n) is 8.88. The lowest BCUT2D eigenvalue weighted by Crippen LogP contribution is -2.22. The molecule has 1 saturated carbocycles. The Bertz CT molecular complexity index is 1030. The van der Waals surface area contributed by atoms with Gasteiger partial charge in [0.15, 0.2) is 0 Å². The summed E-state index contributed by atoms with van der Waals surface area (Å²) in [6.45, 7) is -1.56. The van der Waals surface area contributed by atoms with Crippen LogP contribution in [0.1, 0.15) is 72.3 Å².